The van der Waals surface area contributed by atoms with Crippen molar-refractivity contribution in [1.82, 2.24) is 15.3 Å². The Morgan fingerprint density at radius 3 is 2.53 bits per heavy atom. The molecule has 0 atom stereocenters. The summed E-state index contributed by atoms with van der Waals surface area (Å²) in [5.41, 5.74) is 3.96. The van der Waals surface area contributed by atoms with E-state index in [1.165, 1.54) is 6.20 Å². The Balaban J connectivity index is 2.20. The average molecular weight is 264 g/mol. The number of carbonyl (C=O) groups excluding carboxylic acids is 2. The van der Waals surface area contributed by atoms with Crippen molar-refractivity contribution in [2.24, 2.45) is 5.73 Å². The molecule has 0 unspecified atom stereocenters. The summed E-state index contributed by atoms with van der Waals surface area (Å²) in [5.74, 6) is -1.07. The number of hydrogen-bond donors (Lipinski definition) is 3. The van der Waals surface area contributed by atoms with Gasteiger partial charge >= 0.3 is 0 Å². The van der Waals surface area contributed by atoms with E-state index in [9.17, 15) is 14.4 Å². The van der Waals surface area contributed by atoms with Gasteiger partial charge < -0.3 is 16.0 Å². The molecule has 0 radical (unpaired) electrons. The number of H-pyrrole nitrogens is 1. The molecule has 2 rings (SSSR count). The van der Waals surface area contributed by atoms with Crippen LogP contribution in [-0.4, -0.2) is 27.3 Å². The van der Waals surface area contributed by atoms with Crippen LogP contribution in [0.2, 0.25) is 0 Å². The summed E-state index contributed by atoms with van der Waals surface area (Å²) in [7, 11) is 0. The molecule has 7 nitrogen and oxygen atoms in total. The topological polar surface area (TPSA) is 118 Å². The minimum atomic E-state index is -1.01. The second-order valence-electron chi connectivity index (χ2n) is 4.77. The molecule has 0 saturated heterocycles. The maximum absolute atomic E-state index is 12.0. The molecule has 1 aliphatic rings. The quantitative estimate of drug-likeness (QED) is 0.693. The van der Waals surface area contributed by atoms with E-state index >= 15 is 0 Å². The number of nitrogens with zero attached hydrogens (tertiary/aromatic N) is 1. The maximum atomic E-state index is 12.0. The number of aromatic nitrogens is 2. The fourth-order valence-corrected chi connectivity index (χ4v) is 2.37. The maximum Gasteiger partial charge on any atom is 0.270 e. The third kappa shape index (κ3) is 2.81. The lowest BCUT2D eigenvalue weighted by Crippen LogP contribution is -2.58. The first kappa shape index (κ1) is 13.3. The summed E-state index contributed by atoms with van der Waals surface area (Å²) in [4.78, 5) is 40.8. The number of primary amides is 1. The molecule has 0 bridgehead atoms. The van der Waals surface area contributed by atoms with Crippen molar-refractivity contribution in [3.63, 3.8) is 0 Å². The fraction of sp³-hybridized carbons (Fsp3) is 0.500. The molecular weight excluding hydrogens is 248 g/mol. The summed E-state index contributed by atoms with van der Waals surface area (Å²) in [6.45, 7) is 0. The standard InChI is InChI=1S/C12H16N4O3/c13-11(19)12(4-2-1-3-5-12)16-10(18)8-6-14-7-9(17)15-8/h6-7H,1-5H2,(H2,13,19)(H,15,17)(H,16,18). The number of amides is 2. The van der Waals surface area contributed by atoms with E-state index in [1.807, 2.05) is 0 Å². The molecule has 1 aromatic heterocycles. The summed E-state index contributed by atoms with van der Waals surface area (Å²) in [6, 6.07) is 0. The Bertz CT molecular complexity index is 546. The van der Waals surface area contributed by atoms with Crippen LogP contribution in [0, 0.1) is 0 Å². The minimum absolute atomic E-state index is 0.0266. The van der Waals surface area contributed by atoms with Crippen molar-refractivity contribution in [2.75, 3.05) is 0 Å². The molecule has 1 aliphatic carbocycles. The predicted octanol–water partition coefficient (Wildman–Crippen LogP) is -0.312. The minimum Gasteiger partial charge on any atom is -0.368 e. The SMILES string of the molecule is NC(=O)C1(NC(=O)c2cncc(=O)[nH]2)CCCCC1. The Labute approximate surface area is 109 Å². The molecule has 102 valence electrons. The van der Waals surface area contributed by atoms with Crippen LogP contribution in [0.4, 0.5) is 0 Å². The van der Waals surface area contributed by atoms with E-state index in [-0.39, 0.29) is 5.69 Å². The highest BCUT2D eigenvalue weighted by molar-refractivity contribution is 5.97. The van der Waals surface area contributed by atoms with E-state index < -0.39 is 22.9 Å². The third-order valence-electron chi connectivity index (χ3n) is 3.43. The fourth-order valence-electron chi connectivity index (χ4n) is 2.37. The van der Waals surface area contributed by atoms with E-state index in [0.29, 0.717) is 12.8 Å². The first-order valence-electron chi connectivity index (χ1n) is 6.20. The highest BCUT2D eigenvalue weighted by atomic mass is 16.2. The smallest absolute Gasteiger partial charge is 0.270 e. The highest BCUT2D eigenvalue weighted by Crippen LogP contribution is 2.28. The molecule has 1 fully saturated rings. The van der Waals surface area contributed by atoms with Gasteiger partial charge in [0.15, 0.2) is 0 Å². The first-order valence-corrected chi connectivity index (χ1v) is 6.20. The zero-order valence-corrected chi connectivity index (χ0v) is 10.4. The van der Waals surface area contributed by atoms with Crippen molar-refractivity contribution < 1.29 is 9.59 Å². The van der Waals surface area contributed by atoms with E-state index in [1.54, 1.807) is 0 Å². The van der Waals surface area contributed by atoms with Crippen LogP contribution >= 0.6 is 0 Å². The van der Waals surface area contributed by atoms with Gasteiger partial charge in [0.1, 0.15) is 11.2 Å². The molecule has 1 saturated carbocycles. The van der Waals surface area contributed by atoms with Crippen molar-refractivity contribution in [3.8, 4) is 0 Å². The number of hydrogen-bond acceptors (Lipinski definition) is 4. The van der Waals surface area contributed by atoms with Crippen LogP contribution in [0.3, 0.4) is 0 Å². The second-order valence-corrected chi connectivity index (χ2v) is 4.77. The lowest BCUT2D eigenvalue weighted by atomic mass is 9.81. The number of rotatable bonds is 3. The second kappa shape index (κ2) is 5.21. The van der Waals surface area contributed by atoms with Gasteiger partial charge in [-0.2, -0.15) is 0 Å². The molecular formula is C12H16N4O3. The molecule has 0 aliphatic heterocycles. The number of carbonyl (C=O) groups is 2. The zero-order chi connectivity index (χ0) is 13.9. The molecule has 1 aromatic rings. The van der Waals surface area contributed by atoms with Gasteiger partial charge in [-0.3, -0.25) is 19.4 Å². The van der Waals surface area contributed by atoms with Gasteiger partial charge in [-0.25, -0.2) is 0 Å². The molecule has 0 aromatic carbocycles. The van der Waals surface area contributed by atoms with Gasteiger partial charge in [-0.05, 0) is 12.8 Å². The monoisotopic (exact) mass is 264 g/mol. The number of nitrogens with one attached hydrogen (secondary N) is 2. The van der Waals surface area contributed by atoms with Crippen LogP contribution in [0.1, 0.15) is 42.6 Å². The summed E-state index contributed by atoms with van der Waals surface area (Å²) in [5, 5.41) is 2.65. The summed E-state index contributed by atoms with van der Waals surface area (Å²) >= 11 is 0. The summed E-state index contributed by atoms with van der Waals surface area (Å²) < 4.78 is 0. The van der Waals surface area contributed by atoms with Crippen molar-refractivity contribution in [3.05, 3.63) is 28.4 Å². The molecule has 7 heteroatoms. The van der Waals surface area contributed by atoms with E-state index in [0.717, 1.165) is 25.5 Å². The van der Waals surface area contributed by atoms with Crippen molar-refractivity contribution in [2.45, 2.75) is 37.6 Å². The number of aromatic amines is 1. The molecule has 2 amide bonds. The lowest BCUT2D eigenvalue weighted by molar-refractivity contribution is -0.125. The predicted molar refractivity (Wildman–Crippen MR) is 67.3 cm³/mol. The molecule has 4 N–H and O–H groups in total. The van der Waals surface area contributed by atoms with Crippen LogP contribution in [0.15, 0.2) is 17.2 Å². The van der Waals surface area contributed by atoms with Gasteiger partial charge in [0.2, 0.25) is 5.91 Å². The van der Waals surface area contributed by atoms with Crippen molar-refractivity contribution >= 4 is 11.8 Å². The van der Waals surface area contributed by atoms with Crippen LogP contribution in [0.5, 0.6) is 0 Å². The Morgan fingerprint density at radius 2 is 1.95 bits per heavy atom. The summed E-state index contributed by atoms with van der Waals surface area (Å²) in [6.07, 6.45) is 6.07. The van der Waals surface area contributed by atoms with Crippen LogP contribution < -0.4 is 16.6 Å². The third-order valence-corrected chi connectivity index (χ3v) is 3.43. The lowest BCUT2D eigenvalue weighted by Gasteiger charge is -2.34. The first-order chi connectivity index (χ1) is 9.03. The van der Waals surface area contributed by atoms with E-state index in [2.05, 4.69) is 15.3 Å². The van der Waals surface area contributed by atoms with Gasteiger partial charge in [0.05, 0.1) is 12.4 Å². The van der Waals surface area contributed by atoms with Crippen LogP contribution in [-0.2, 0) is 4.79 Å². The van der Waals surface area contributed by atoms with E-state index in [4.69, 9.17) is 5.73 Å². The van der Waals surface area contributed by atoms with Gasteiger partial charge in [-0.1, -0.05) is 19.3 Å². The highest BCUT2D eigenvalue weighted by Gasteiger charge is 2.39. The molecule has 19 heavy (non-hydrogen) atoms. The molecule has 0 spiro atoms. The van der Waals surface area contributed by atoms with Crippen molar-refractivity contribution in [1.29, 1.82) is 0 Å². The normalized spacial score (nSPS) is 17.7. The van der Waals surface area contributed by atoms with Crippen LogP contribution in [0.25, 0.3) is 0 Å². The number of nitrogens with two attached hydrogens (primary N) is 1. The largest absolute Gasteiger partial charge is 0.368 e. The Hall–Kier alpha value is -2.18. The Morgan fingerprint density at radius 1 is 1.26 bits per heavy atom. The van der Waals surface area contributed by atoms with Gasteiger partial charge in [-0.15, -0.1) is 0 Å². The molecule has 1 heterocycles. The average Bonchev–Trinajstić information content (AvgIpc) is 2.39. The van der Waals surface area contributed by atoms with Gasteiger partial charge in [0.25, 0.3) is 11.5 Å². The Kier molecular flexibility index (Phi) is 3.64. The zero-order valence-electron chi connectivity index (χ0n) is 10.4. The van der Waals surface area contributed by atoms with Gasteiger partial charge in [0, 0.05) is 0 Å².